The second kappa shape index (κ2) is 6.59. The van der Waals surface area contributed by atoms with E-state index < -0.39 is 0 Å². The molecule has 19 heavy (non-hydrogen) atoms. The van der Waals surface area contributed by atoms with Gasteiger partial charge in [0, 0.05) is 17.1 Å². The van der Waals surface area contributed by atoms with E-state index in [4.69, 9.17) is 15.2 Å². The lowest BCUT2D eigenvalue weighted by atomic mass is 10.1. The van der Waals surface area contributed by atoms with Gasteiger partial charge < -0.3 is 15.2 Å². The van der Waals surface area contributed by atoms with Crippen molar-refractivity contribution in [1.29, 1.82) is 0 Å². The van der Waals surface area contributed by atoms with Crippen LogP contribution in [0.15, 0.2) is 16.6 Å². The van der Waals surface area contributed by atoms with Crippen molar-refractivity contribution in [3.63, 3.8) is 0 Å². The highest BCUT2D eigenvalue weighted by atomic mass is 79.9. The fourth-order valence-electron chi connectivity index (χ4n) is 2.37. The first-order chi connectivity index (χ1) is 9.13. The number of nitrogens with two attached hydrogens (primary N) is 1. The van der Waals surface area contributed by atoms with Gasteiger partial charge in [0.15, 0.2) is 11.5 Å². The summed E-state index contributed by atoms with van der Waals surface area (Å²) in [6.45, 7) is 3.03. The third-order valence-electron chi connectivity index (χ3n) is 3.58. The number of hydrogen-bond donors (Lipinski definition) is 1. The first-order valence-electron chi connectivity index (χ1n) is 6.52. The molecule has 0 amide bonds. The molecule has 1 aliphatic heterocycles. The van der Waals surface area contributed by atoms with Gasteiger partial charge >= 0.3 is 0 Å². The van der Waals surface area contributed by atoms with Crippen molar-refractivity contribution in [2.24, 2.45) is 5.73 Å². The average molecular weight is 329 g/mol. The van der Waals surface area contributed by atoms with Crippen LogP contribution in [0.5, 0.6) is 11.5 Å². The quantitative estimate of drug-likeness (QED) is 0.921. The van der Waals surface area contributed by atoms with Crippen molar-refractivity contribution in [1.82, 2.24) is 4.90 Å². The zero-order chi connectivity index (χ0) is 13.8. The number of methoxy groups -OCH3 is 2. The normalized spacial score (nSPS) is 17.5. The van der Waals surface area contributed by atoms with E-state index in [2.05, 4.69) is 20.8 Å². The van der Waals surface area contributed by atoms with Crippen LogP contribution >= 0.6 is 15.9 Å². The van der Waals surface area contributed by atoms with Crippen molar-refractivity contribution in [3.05, 3.63) is 22.2 Å². The monoisotopic (exact) mass is 328 g/mol. The Hall–Kier alpha value is -0.780. The molecule has 2 N–H and O–H groups in total. The molecule has 0 unspecified atom stereocenters. The third-order valence-corrected chi connectivity index (χ3v) is 4.32. The van der Waals surface area contributed by atoms with E-state index in [1.54, 1.807) is 14.2 Å². The summed E-state index contributed by atoms with van der Waals surface area (Å²) in [5.41, 5.74) is 7.15. The summed E-state index contributed by atoms with van der Waals surface area (Å²) in [6.07, 6.45) is 2.15. The molecule has 1 fully saturated rings. The van der Waals surface area contributed by atoms with E-state index >= 15 is 0 Å². The lowest BCUT2D eigenvalue weighted by molar-refractivity contribution is 0.205. The van der Waals surface area contributed by atoms with E-state index in [1.165, 1.54) is 5.56 Å². The molecule has 0 aliphatic carbocycles. The molecule has 0 atom stereocenters. The molecule has 1 aromatic rings. The summed E-state index contributed by atoms with van der Waals surface area (Å²) in [7, 11) is 3.31. The second-order valence-corrected chi connectivity index (χ2v) is 5.77. The summed E-state index contributed by atoms with van der Waals surface area (Å²) < 4.78 is 11.7. The van der Waals surface area contributed by atoms with Gasteiger partial charge in [-0.1, -0.05) is 15.9 Å². The fraction of sp³-hybridized carbons (Fsp3) is 0.571. The summed E-state index contributed by atoms with van der Waals surface area (Å²) in [5, 5.41) is 0. The maximum Gasteiger partial charge on any atom is 0.161 e. The molecule has 0 bridgehead atoms. The van der Waals surface area contributed by atoms with Gasteiger partial charge in [-0.2, -0.15) is 0 Å². The molecular formula is C14H21BrN2O2. The van der Waals surface area contributed by atoms with Gasteiger partial charge in [-0.25, -0.2) is 0 Å². The van der Waals surface area contributed by atoms with Crippen LogP contribution in [0, 0.1) is 0 Å². The van der Waals surface area contributed by atoms with Crippen molar-refractivity contribution >= 4 is 15.9 Å². The molecule has 2 rings (SSSR count). The molecule has 0 spiro atoms. The van der Waals surface area contributed by atoms with Crippen LogP contribution in [0.25, 0.3) is 0 Å². The number of rotatable bonds is 4. The Morgan fingerprint density at radius 3 is 2.37 bits per heavy atom. The first kappa shape index (κ1) is 14.6. The molecule has 1 aliphatic rings. The summed E-state index contributed by atoms with van der Waals surface area (Å²) >= 11 is 3.60. The lowest BCUT2D eigenvalue weighted by Gasteiger charge is -2.30. The van der Waals surface area contributed by atoms with Crippen molar-refractivity contribution in [2.75, 3.05) is 27.3 Å². The van der Waals surface area contributed by atoms with Gasteiger partial charge in [-0.15, -0.1) is 0 Å². The summed E-state index contributed by atoms with van der Waals surface area (Å²) in [5.74, 6) is 1.52. The second-order valence-electron chi connectivity index (χ2n) is 4.91. The Kier molecular flexibility index (Phi) is 5.07. The Labute approximate surface area is 123 Å². The minimum absolute atomic E-state index is 0.366. The number of likely N-dealkylation sites (tertiary alicyclic amines) is 1. The highest BCUT2D eigenvalue weighted by molar-refractivity contribution is 9.10. The zero-order valence-corrected chi connectivity index (χ0v) is 13.1. The van der Waals surface area contributed by atoms with E-state index in [0.29, 0.717) is 6.04 Å². The number of nitrogens with zero attached hydrogens (tertiary/aromatic N) is 1. The van der Waals surface area contributed by atoms with Crippen molar-refractivity contribution < 1.29 is 9.47 Å². The molecule has 1 heterocycles. The van der Waals surface area contributed by atoms with Gasteiger partial charge in [-0.05, 0) is 43.6 Å². The van der Waals surface area contributed by atoms with E-state index in [1.807, 2.05) is 12.1 Å². The largest absolute Gasteiger partial charge is 0.493 e. The predicted octanol–water partition coefficient (Wildman–Crippen LogP) is 2.39. The van der Waals surface area contributed by atoms with E-state index in [-0.39, 0.29) is 0 Å². The van der Waals surface area contributed by atoms with Gasteiger partial charge in [0.05, 0.1) is 14.2 Å². The number of hydrogen-bond acceptors (Lipinski definition) is 4. The van der Waals surface area contributed by atoms with Crippen LogP contribution in [0.3, 0.4) is 0 Å². The molecule has 5 heteroatoms. The van der Waals surface area contributed by atoms with Gasteiger partial charge in [-0.3, -0.25) is 4.90 Å². The SMILES string of the molecule is COc1cc(Br)c(CN2CCC(N)CC2)cc1OC. The molecule has 0 radical (unpaired) electrons. The van der Waals surface area contributed by atoms with Crippen LogP contribution in [-0.4, -0.2) is 38.3 Å². The Morgan fingerprint density at radius 2 is 1.79 bits per heavy atom. The highest BCUT2D eigenvalue weighted by Gasteiger charge is 2.18. The Bertz CT molecular complexity index is 432. The number of piperidine rings is 1. The van der Waals surface area contributed by atoms with Gasteiger partial charge in [0.2, 0.25) is 0 Å². The molecular weight excluding hydrogens is 308 g/mol. The minimum Gasteiger partial charge on any atom is -0.493 e. The molecule has 0 saturated carbocycles. The minimum atomic E-state index is 0.366. The maximum absolute atomic E-state index is 5.93. The van der Waals surface area contributed by atoms with Crippen molar-refractivity contribution in [3.8, 4) is 11.5 Å². The molecule has 1 aromatic carbocycles. The lowest BCUT2D eigenvalue weighted by Crippen LogP contribution is -2.39. The van der Waals surface area contributed by atoms with Crippen LogP contribution in [0.4, 0.5) is 0 Å². The molecule has 1 saturated heterocycles. The molecule has 0 aromatic heterocycles. The molecule has 4 nitrogen and oxygen atoms in total. The fourth-order valence-corrected chi connectivity index (χ4v) is 2.82. The van der Waals surface area contributed by atoms with Crippen LogP contribution in [0.1, 0.15) is 18.4 Å². The maximum atomic E-state index is 5.93. The standard InChI is InChI=1S/C14H21BrN2O2/c1-18-13-7-10(12(15)8-14(13)19-2)9-17-5-3-11(16)4-6-17/h7-8,11H,3-6,9,16H2,1-2H3. The van der Waals surface area contributed by atoms with Crippen LogP contribution in [0.2, 0.25) is 0 Å². The summed E-state index contributed by atoms with van der Waals surface area (Å²) in [4.78, 5) is 2.43. The zero-order valence-electron chi connectivity index (χ0n) is 11.5. The first-order valence-corrected chi connectivity index (χ1v) is 7.31. The van der Waals surface area contributed by atoms with E-state index in [0.717, 1.165) is 48.4 Å². The highest BCUT2D eigenvalue weighted by Crippen LogP contribution is 2.34. The van der Waals surface area contributed by atoms with Gasteiger partial charge in [0.1, 0.15) is 0 Å². The van der Waals surface area contributed by atoms with E-state index in [9.17, 15) is 0 Å². The third kappa shape index (κ3) is 3.61. The van der Waals surface area contributed by atoms with Gasteiger partial charge in [0.25, 0.3) is 0 Å². The van der Waals surface area contributed by atoms with Crippen LogP contribution < -0.4 is 15.2 Å². The Morgan fingerprint density at radius 1 is 1.21 bits per heavy atom. The predicted molar refractivity (Wildman–Crippen MR) is 79.7 cm³/mol. The van der Waals surface area contributed by atoms with Crippen LogP contribution in [-0.2, 0) is 6.54 Å². The average Bonchev–Trinajstić information content (AvgIpc) is 2.43. The smallest absolute Gasteiger partial charge is 0.161 e. The van der Waals surface area contributed by atoms with Crippen molar-refractivity contribution in [2.45, 2.75) is 25.4 Å². The number of ether oxygens (including phenoxy) is 2. The number of halogens is 1. The molecule has 106 valence electrons. The summed E-state index contributed by atoms with van der Waals surface area (Å²) in [6, 6.07) is 4.37. The topological polar surface area (TPSA) is 47.7 Å². The Balaban J connectivity index is 2.11. The number of benzene rings is 1.